The van der Waals surface area contributed by atoms with Crippen molar-refractivity contribution in [2.24, 2.45) is 15.9 Å². The van der Waals surface area contributed by atoms with Crippen LogP contribution in [0.25, 0.3) is 0 Å². The summed E-state index contributed by atoms with van der Waals surface area (Å²) in [4.78, 5) is 34.1. The van der Waals surface area contributed by atoms with Gasteiger partial charge in [-0.25, -0.2) is 9.79 Å². The van der Waals surface area contributed by atoms with Gasteiger partial charge in [-0.1, -0.05) is 6.07 Å². The molecule has 0 saturated heterocycles. The first-order chi connectivity index (χ1) is 12.6. The molecule has 2 aromatic heterocycles. The molecule has 0 bridgehead atoms. The average molecular weight is 370 g/mol. The van der Waals surface area contributed by atoms with E-state index >= 15 is 0 Å². The van der Waals surface area contributed by atoms with Gasteiger partial charge in [0.2, 0.25) is 0 Å². The van der Waals surface area contributed by atoms with Crippen LogP contribution in [0.5, 0.6) is 0 Å². The van der Waals surface area contributed by atoms with Crippen molar-refractivity contribution in [3.05, 3.63) is 34.2 Å². The molecule has 2 aliphatic rings. The number of urea groups is 1. The highest BCUT2D eigenvalue weighted by atomic mass is 32.1. The maximum absolute atomic E-state index is 12.2. The molecule has 1 aliphatic carbocycles. The fraction of sp³-hybridized carbons (Fsp3) is 0.353. The van der Waals surface area contributed by atoms with E-state index in [9.17, 15) is 9.59 Å². The van der Waals surface area contributed by atoms with Gasteiger partial charge in [0, 0.05) is 16.7 Å². The molecule has 1 fully saturated rings. The zero-order chi connectivity index (χ0) is 18.1. The lowest BCUT2D eigenvalue weighted by Gasteiger charge is -2.15. The van der Waals surface area contributed by atoms with Crippen LogP contribution >= 0.6 is 11.3 Å². The van der Waals surface area contributed by atoms with Crippen LogP contribution < -0.4 is 10.6 Å². The molecule has 2 aromatic rings. The minimum Gasteiger partial charge on any atom is -0.333 e. The highest BCUT2D eigenvalue weighted by Gasteiger charge is 2.33. The van der Waals surface area contributed by atoms with Crippen molar-refractivity contribution >= 4 is 40.8 Å². The molecule has 1 aliphatic heterocycles. The zero-order valence-electron chi connectivity index (χ0n) is 14.2. The van der Waals surface area contributed by atoms with E-state index in [0.29, 0.717) is 18.1 Å². The second kappa shape index (κ2) is 6.83. The number of amides is 3. The maximum Gasteiger partial charge on any atom is 0.320 e. The summed E-state index contributed by atoms with van der Waals surface area (Å²) in [5.41, 5.74) is 1.56. The van der Waals surface area contributed by atoms with E-state index in [1.54, 1.807) is 17.4 Å². The SMILES string of the molecule is Cc1cc(NC(=O)NCc2cccs2)n(C2=NC(=O)C3CCCC3=N2)n1. The van der Waals surface area contributed by atoms with Crippen LogP contribution in [0.3, 0.4) is 0 Å². The number of rotatable bonds is 3. The van der Waals surface area contributed by atoms with Crippen LogP contribution in [-0.4, -0.2) is 33.4 Å². The topological polar surface area (TPSA) is 101 Å². The van der Waals surface area contributed by atoms with Gasteiger partial charge in [0.15, 0.2) is 0 Å². The van der Waals surface area contributed by atoms with Crippen LogP contribution in [0.2, 0.25) is 0 Å². The molecule has 1 saturated carbocycles. The lowest BCUT2D eigenvalue weighted by atomic mass is 10.1. The highest BCUT2D eigenvalue weighted by molar-refractivity contribution is 7.09. The number of anilines is 1. The molecule has 3 amide bonds. The summed E-state index contributed by atoms with van der Waals surface area (Å²) in [5, 5.41) is 11.8. The fourth-order valence-electron chi connectivity index (χ4n) is 3.13. The Morgan fingerprint density at radius 1 is 1.42 bits per heavy atom. The third-order valence-corrected chi connectivity index (χ3v) is 5.22. The number of aliphatic imine (C=N–C) groups is 2. The first-order valence-electron chi connectivity index (χ1n) is 8.44. The molecule has 134 valence electrons. The molecule has 1 unspecified atom stereocenters. The summed E-state index contributed by atoms with van der Waals surface area (Å²) in [6.45, 7) is 2.25. The molecule has 0 spiro atoms. The van der Waals surface area contributed by atoms with Gasteiger partial charge in [0.1, 0.15) is 5.82 Å². The molecular formula is C17H18N6O2S. The van der Waals surface area contributed by atoms with E-state index < -0.39 is 0 Å². The smallest absolute Gasteiger partial charge is 0.320 e. The van der Waals surface area contributed by atoms with Gasteiger partial charge >= 0.3 is 6.03 Å². The van der Waals surface area contributed by atoms with Crippen LogP contribution in [-0.2, 0) is 11.3 Å². The second-order valence-electron chi connectivity index (χ2n) is 6.27. The van der Waals surface area contributed by atoms with E-state index in [0.717, 1.165) is 29.9 Å². The maximum atomic E-state index is 12.2. The summed E-state index contributed by atoms with van der Waals surface area (Å²) in [5.74, 6) is 0.285. The summed E-state index contributed by atoms with van der Waals surface area (Å²) in [6.07, 6.45) is 2.56. The fourth-order valence-corrected chi connectivity index (χ4v) is 3.78. The third kappa shape index (κ3) is 3.30. The highest BCUT2D eigenvalue weighted by Crippen LogP contribution is 2.27. The molecular weight excluding hydrogens is 352 g/mol. The number of aryl methyl sites for hydroxylation is 1. The Morgan fingerprint density at radius 2 is 2.31 bits per heavy atom. The van der Waals surface area contributed by atoms with Crippen molar-refractivity contribution in [2.45, 2.75) is 32.7 Å². The molecule has 0 radical (unpaired) electrons. The van der Waals surface area contributed by atoms with Gasteiger partial charge < -0.3 is 5.32 Å². The molecule has 1 atom stereocenters. The first kappa shape index (κ1) is 16.6. The van der Waals surface area contributed by atoms with E-state index in [1.807, 2.05) is 24.4 Å². The molecule has 8 nitrogen and oxygen atoms in total. The van der Waals surface area contributed by atoms with Crippen molar-refractivity contribution in [3.63, 3.8) is 0 Å². The lowest BCUT2D eigenvalue weighted by Crippen LogP contribution is -2.31. The van der Waals surface area contributed by atoms with Gasteiger partial charge in [-0.3, -0.25) is 10.1 Å². The normalized spacial score (nSPS) is 19.0. The Balaban J connectivity index is 1.52. The van der Waals surface area contributed by atoms with E-state index in [2.05, 4.69) is 25.7 Å². The van der Waals surface area contributed by atoms with Gasteiger partial charge in [0.25, 0.3) is 11.9 Å². The Morgan fingerprint density at radius 3 is 3.12 bits per heavy atom. The zero-order valence-corrected chi connectivity index (χ0v) is 15.0. The Bertz CT molecular complexity index is 912. The van der Waals surface area contributed by atoms with Crippen molar-refractivity contribution in [1.82, 2.24) is 15.1 Å². The predicted molar refractivity (Wildman–Crippen MR) is 99.8 cm³/mol. The number of nitrogens with zero attached hydrogens (tertiary/aromatic N) is 4. The third-order valence-electron chi connectivity index (χ3n) is 4.35. The Labute approximate surface area is 154 Å². The molecule has 4 rings (SSSR count). The number of carbonyl (C=O) groups is 2. The predicted octanol–water partition coefficient (Wildman–Crippen LogP) is 2.56. The van der Waals surface area contributed by atoms with Gasteiger partial charge in [0.05, 0.1) is 18.2 Å². The molecule has 2 N–H and O–H groups in total. The lowest BCUT2D eigenvalue weighted by molar-refractivity contribution is -0.119. The van der Waals surface area contributed by atoms with Gasteiger partial charge in [-0.15, -0.1) is 11.3 Å². The molecule has 0 aromatic carbocycles. The number of fused-ring (bicyclic) bond motifs is 1. The molecule has 9 heteroatoms. The average Bonchev–Trinajstić information content (AvgIpc) is 3.33. The number of nitrogens with one attached hydrogen (secondary N) is 2. The van der Waals surface area contributed by atoms with Gasteiger partial charge in [-0.2, -0.15) is 14.8 Å². The Hall–Kier alpha value is -2.81. The monoisotopic (exact) mass is 370 g/mol. The van der Waals surface area contributed by atoms with Crippen molar-refractivity contribution in [3.8, 4) is 0 Å². The van der Waals surface area contributed by atoms with Crippen LogP contribution in [0.4, 0.5) is 10.6 Å². The van der Waals surface area contributed by atoms with Gasteiger partial charge in [-0.05, 0) is 37.6 Å². The number of aromatic nitrogens is 2. The van der Waals surface area contributed by atoms with E-state index in [-0.39, 0.29) is 23.8 Å². The minimum atomic E-state index is -0.353. The molecule has 3 heterocycles. The van der Waals surface area contributed by atoms with Crippen LogP contribution in [0.15, 0.2) is 33.6 Å². The summed E-state index contributed by atoms with van der Waals surface area (Å²) in [7, 11) is 0. The first-order valence-corrected chi connectivity index (χ1v) is 9.32. The number of thiophene rings is 1. The summed E-state index contributed by atoms with van der Waals surface area (Å²) >= 11 is 1.58. The largest absolute Gasteiger partial charge is 0.333 e. The summed E-state index contributed by atoms with van der Waals surface area (Å²) in [6, 6.07) is 5.26. The Kier molecular flexibility index (Phi) is 4.37. The van der Waals surface area contributed by atoms with Crippen LogP contribution in [0.1, 0.15) is 29.8 Å². The van der Waals surface area contributed by atoms with Crippen LogP contribution in [0, 0.1) is 12.8 Å². The van der Waals surface area contributed by atoms with E-state index in [4.69, 9.17) is 0 Å². The standard InChI is InChI=1S/C17H18N6O2S/c1-10-8-14(20-17(25)18-9-11-4-3-7-26-11)23(22-10)16-19-13-6-2-5-12(13)15(24)21-16/h3-4,7-8,12H,2,5-6,9H2,1H3,(H2,18,20,25). The van der Waals surface area contributed by atoms with Crippen molar-refractivity contribution in [2.75, 3.05) is 5.32 Å². The van der Waals surface area contributed by atoms with Crippen molar-refractivity contribution < 1.29 is 9.59 Å². The number of hydrogen-bond donors (Lipinski definition) is 2. The number of carbonyl (C=O) groups excluding carboxylic acids is 2. The molecule has 26 heavy (non-hydrogen) atoms. The number of hydrogen-bond acceptors (Lipinski definition) is 5. The quantitative estimate of drug-likeness (QED) is 0.868. The second-order valence-corrected chi connectivity index (χ2v) is 7.30. The van der Waals surface area contributed by atoms with Crippen molar-refractivity contribution in [1.29, 1.82) is 0 Å². The van der Waals surface area contributed by atoms with E-state index in [1.165, 1.54) is 4.68 Å². The minimum absolute atomic E-state index is 0.177. The summed E-state index contributed by atoms with van der Waals surface area (Å²) < 4.78 is 1.42.